The van der Waals surface area contributed by atoms with Crippen LogP contribution in [0.2, 0.25) is 0 Å². The molecule has 88 valence electrons. The Morgan fingerprint density at radius 3 is 2.83 bits per heavy atom. The van der Waals surface area contributed by atoms with Crippen molar-refractivity contribution in [1.29, 1.82) is 0 Å². The van der Waals surface area contributed by atoms with Crippen LogP contribution in [-0.2, 0) is 6.42 Å². The molecule has 1 aromatic carbocycles. The average molecular weight is 233 g/mol. The Morgan fingerprint density at radius 1 is 1.00 bits per heavy atom. The maximum absolute atomic E-state index is 3.99. The summed E-state index contributed by atoms with van der Waals surface area (Å²) in [6.45, 7) is 3.99. The molecule has 0 saturated heterocycles. The normalized spacial score (nSPS) is 20.3. The second-order valence-electron chi connectivity index (χ2n) is 4.46. The first kappa shape index (κ1) is 10.8. The third-order valence-electron chi connectivity index (χ3n) is 3.19. The van der Waals surface area contributed by atoms with Crippen molar-refractivity contribution in [2.24, 2.45) is 0 Å². The fourth-order valence-electron chi connectivity index (χ4n) is 2.27. The molecule has 0 atom stereocenters. The largest absolute Gasteiger partial charge is 0.355 e. The summed E-state index contributed by atoms with van der Waals surface area (Å²) in [6.07, 6.45) is 13.4. The first-order valence-electron chi connectivity index (χ1n) is 6.14. The molecule has 0 spiro atoms. The van der Waals surface area contributed by atoms with E-state index in [1.165, 1.54) is 22.2 Å². The number of aromatic nitrogens is 1. The number of benzene rings is 1. The molecular formula is C17H15N. The molecule has 3 rings (SSSR count). The maximum atomic E-state index is 3.99. The number of hydrogen-bond acceptors (Lipinski definition) is 0. The summed E-state index contributed by atoms with van der Waals surface area (Å²) < 4.78 is 0. The Morgan fingerprint density at radius 2 is 1.89 bits per heavy atom. The zero-order valence-corrected chi connectivity index (χ0v) is 10.2. The summed E-state index contributed by atoms with van der Waals surface area (Å²) >= 11 is 0. The van der Waals surface area contributed by atoms with Crippen LogP contribution >= 0.6 is 0 Å². The van der Waals surface area contributed by atoms with Crippen LogP contribution in [0.25, 0.3) is 17.0 Å². The monoisotopic (exact) mass is 233 g/mol. The Balaban J connectivity index is 2.20. The molecule has 18 heavy (non-hydrogen) atoms. The van der Waals surface area contributed by atoms with Gasteiger partial charge in [-0.25, -0.2) is 0 Å². The molecule has 1 nitrogen and oxygen atoms in total. The van der Waals surface area contributed by atoms with Gasteiger partial charge in [0.15, 0.2) is 0 Å². The van der Waals surface area contributed by atoms with E-state index in [0.717, 1.165) is 12.0 Å². The van der Waals surface area contributed by atoms with Gasteiger partial charge in [0.1, 0.15) is 0 Å². The third kappa shape index (κ3) is 1.95. The lowest BCUT2D eigenvalue weighted by Crippen LogP contribution is -1.84. The van der Waals surface area contributed by atoms with Crippen LogP contribution in [0.4, 0.5) is 0 Å². The number of fused-ring (bicyclic) bond motifs is 3. The van der Waals surface area contributed by atoms with Crippen molar-refractivity contribution in [3.63, 3.8) is 0 Å². The standard InChI is InChI=1S/C17H15N/c1-13-7-3-2-4-8-15-14-9-5-6-10-16(14)18-17(15)12-11-13/h2-7,9-12,18H,1,8H2/b4-2-,7-3-,12-11-. The highest BCUT2D eigenvalue weighted by Gasteiger charge is 2.07. The Hall–Kier alpha value is -2.28. The lowest BCUT2D eigenvalue weighted by atomic mass is 10.1. The van der Waals surface area contributed by atoms with Crippen molar-refractivity contribution in [3.8, 4) is 0 Å². The molecule has 0 bridgehead atoms. The number of nitrogens with one attached hydrogen (secondary N) is 1. The number of aromatic amines is 1. The van der Waals surface area contributed by atoms with E-state index in [1.54, 1.807) is 0 Å². The van der Waals surface area contributed by atoms with Crippen LogP contribution in [0.3, 0.4) is 0 Å². The van der Waals surface area contributed by atoms with Gasteiger partial charge in [0, 0.05) is 16.6 Å². The fourth-order valence-corrected chi connectivity index (χ4v) is 2.27. The highest BCUT2D eigenvalue weighted by molar-refractivity contribution is 5.87. The van der Waals surface area contributed by atoms with Gasteiger partial charge in [0.05, 0.1) is 0 Å². The number of hydrogen-bond donors (Lipinski definition) is 1. The molecule has 0 saturated carbocycles. The van der Waals surface area contributed by atoms with Gasteiger partial charge in [-0.1, -0.05) is 55.2 Å². The highest BCUT2D eigenvalue weighted by atomic mass is 14.7. The zero-order valence-electron chi connectivity index (χ0n) is 10.2. The maximum Gasteiger partial charge on any atom is 0.0461 e. The highest BCUT2D eigenvalue weighted by Crippen LogP contribution is 2.25. The van der Waals surface area contributed by atoms with E-state index < -0.39 is 0 Å². The molecule has 1 heteroatoms. The van der Waals surface area contributed by atoms with Crippen LogP contribution in [0.15, 0.2) is 66.8 Å². The molecule has 0 aliphatic heterocycles. The fraction of sp³-hybridized carbons (Fsp3) is 0.0588. The van der Waals surface area contributed by atoms with Gasteiger partial charge < -0.3 is 4.98 Å². The summed E-state index contributed by atoms with van der Waals surface area (Å²) in [4.78, 5) is 3.47. The molecule has 1 heterocycles. The van der Waals surface area contributed by atoms with Gasteiger partial charge in [0.2, 0.25) is 0 Å². The lowest BCUT2D eigenvalue weighted by Gasteiger charge is -1.99. The predicted octanol–water partition coefficient (Wildman–Crippen LogP) is 4.41. The summed E-state index contributed by atoms with van der Waals surface area (Å²) in [5.74, 6) is 0. The summed E-state index contributed by atoms with van der Waals surface area (Å²) in [7, 11) is 0. The number of para-hydroxylation sites is 1. The van der Waals surface area contributed by atoms with Crippen molar-refractivity contribution in [2.45, 2.75) is 6.42 Å². The van der Waals surface area contributed by atoms with Crippen molar-refractivity contribution in [2.75, 3.05) is 0 Å². The van der Waals surface area contributed by atoms with E-state index in [4.69, 9.17) is 0 Å². The first-order chi connectivity index (χ1) is 8.84. The second-order valence-corrected chi connectivity index (χ2v) is 4.46. The molecule has 0 amide bonds. The number of rotatable bonds is 0. The van der Waals surface area contributed by atoms with Crippen LogP contribution in [0.5, 0.6) is 0 Å². The minimum atomic E-state index is 0.945. The second kappa shape index (κ2) is 4.53. The van der Waals surface area contributed by atoms with E-state index in [9.17, 15) is 0 Å². The van der Waals surface area contributed by atoms with Gasteiger partial charge in [-0.05, 0) is 29.7 Å². The topological polar surface area (TPSA) is 15.8 Å². The van der Waals surface area contributed by atoms with Crippen LogP contribution < -0.4 is 0 Å². The smallest absolute Gasteiger partial charge is 0.0461 e. The summed E-state index contributed by atoms with van der Waals surface area (Å²) in [6, 6.07) is 8.43. The molecule has 1 N–H and O–H groups in total. The SMILES string of the molecule is C=C1/C=C\C=C/Cc2c([nH]c3ccccc23)/C=C\1. The van der Waals surface area contributed by atoms with Crippen LogP contribution in [0, 0.1) is 0 Å². The van der Waals surface area contributed by atoms with E-state index in [2.05, 4.69) is 54.1 Å². The van der Waals surface area contributed by atoms with Gasteiger partial charge in [-0.15, -0.1) is 0 Å². The Kier molecular flexibility index (Phi) is 2.73. The van der Waals surface area contributed by atoms with E-state index in [1.807, 2.05) is 18.2 Å². The van der Waals surface area contributed by atoms with Gasteiger partial charge >= 0.3 is 0 Å². The van der Waals surface area contributed by atoms with Gasteiger partial charge in [-0.2, -0.15) is 0 Å². The van der Waals surface area contributed by atoms with Crippen LogP contribution in [0.1, 0.15) is 11.3 Å². The van der Waals surface area contributed by atoms with Gasteiger partial charge in [0.25, 0.3) is 0 Å². The minimum absolute atomic E-state index is 0.945. The van der Waals surface area contributed by atoms with E-state index in [0.29, 0.717) is 0 Å². The molecule has 0 unspecified atom stereocenters. The van der Waals surface area contributed by atoms with Crippen molar-refractivity contribution >= 4 is 17.0 Å². The molecule has 0 fully saturated rings. The predicted molar refractivity (Wildman–Crippen MR) is 78.5 cm³/mol. The van der Waals surface area contributed by atoms with Gasteiger partial charge in [-0.3, -0.25) is 0 Å². The average Bonchev–Trinajstić information content (AvgIpc) is 2.74. The molecule has 1 aliphatic rings. The molecular weight excluding hydrogens is 218 g/mol. The third-order valence-corrected chi connectivity index (χ3v) is 3.19. The lowest BCUT2D eigenvalue weighted by molar-refractivity contribution is 1.26. The quantitative estimate of drug-likeness (QED) is 0.694. The summed E-state index contributed by atoms with van der Waals surface area (Å²) in [5.41, 5.74) is 4.73. The Bertz CT molecular complexity index is 681. The van der Waals surface area contributed by atoms with E-state index >= 15 is 0 Å². The number of H-pyrrole nitrogens is 1. The Labute approximate surface area is 107 Å². The molecule has 1 aliphatic carbocycles. The summed E-state index contributed by atoms with van der Waals surface area (Å²) in [5, 5.41) is 1.30. The molecule has 2 aromatic rings. The molecule has 1 aromatic heterocycles. The van der Waals surface area contributed by atoms with Crippen molar-refractivity contribution in [3.05, 3.63) is 78.1 Å². The molecule has 0 radical (unpaired) electrons. The zero-order chi connectivity index (χ0) is 12.4. The van der Waals surface area contributed by atoms with E-state index in [-0.39, 0.29) is 0 Å². The number of allylic oxidation sites excluding steroid dienone is 6. The first-order valence-corrected chi connectivity index (χ1v) is 6.14. The van der Waals surface area contributed by atoms with Crippen molar-refractivity contribution in [1.82, 2.24) is 4.98 Å². The van der Waals surface area contributed by atoms with Crippen LogP contribution in [-0.4, -0.2) is 4.98 Å². The minimum Gasteiger partial charge on any atom is -0.355 e. The van der Waals surface area contributed by atoms with Crippen molar-refractivity contribution < 1.29 is 0 Å².